The van der Waals surface area contributed by atoms with Crippen LogP contribution in [0.2, 0.25) is 10.0 Å². The molecular weight excluding hydrogens is 489 g/mol. The van der Waals surface area contributed by atoms with E-state index < -0.39 is 0 Å². The van der Waals surface area contributed by atoms with Crippen LogP contribution in [0.5, 0.6) is 0 Å². The minimum absolute atomic E-state index is 0.322. The SMILES string of the molecule is O=C1C(Sc2ccc(Cl)cc2)=C(N2CCN(c3ccccc3)CC2)C(=O)N1c1cccc(Cl)c1. The highest BCUT2D eigenvalue weighted by Crippen LogP contribution is 2.39. The number of para-hydroxylation sites is 1. The van der Waals surface area contributed by atoms with Crippen molar-refractivity contribution in [1.29, 1.82) is 0 Å². The van der Waals surface area contributed by atoms with Gasteiger partial charge >= 0.3 is 0 Å². The minimum Gasteiger partial charge on any atom is -0.368 e. The molecule has 2 heterocycles. The maximum atomic E-state index is 13.6. The minimum atomic E-state index is -0.340. The van der Waals surface area contributed by atoms with Crippen LogP contribution in [-0.4, -0.2) is 42.9 Å². The molecule has 0 atom stereocenters. The smallest absolute Gasteiger partial charge is 0.283 e. The van der Waals surface area contributed by atoms with E-state index in [1.807, 2.05) is 35.2 Å². The quantitative estimate of drug-likeness (QED) is 0.413. The van der Waals surface area contributed by atoms with Crippen molar-refractivity contribution >= 4 is 58.2 Å². The number of carbonyl (C=O) groups is 2. The number of carbonyl (C=O) groups excluding carboxylic acids is 2. The summed E-state index contributed by atoms with van der Waals surface area (Å²) in [5.41, 5.74) is 2.06. The molecular formula is C26H21Cl2N3O2S. The van der Waals surface area contributed by atoms with Crippen molar-refractivity contribution in [2.45, 2.75) is 4.90 Å². The third-order valence-electron chi connectivity index (χ3n) is 5.84. The summed E-state index contributed by atoms with van der Waals surface area (Å²) in [6.45, 7) is 2.78. The van der Waals surface area contributed by atoms with E-state index in [0.717, 1.165) is 23.7 Å². The molecule has 0 saturated carbocycles. The van der Waals surface area contributed by atoms with E-state index in [1.165, 1.54) is 16.7 Å². The number of anilines is 2. The fourth-order valence-corrected chi connectivity index (χ4v) is 5.48. The molecule has 0 spiro atoms. The summed E-state index contributed by atoms with van der Waals surface area (Å²) in [7, 11) is 0. The van der Waals surface area contributed by atoms with Crippen LogP contribution in [0.1, 0.15) is 0 Å². The van der Waals surface area contributed by atoms with Gasteiger partial charge in [0, 0.05) is 46.8 Å². The number of thioether (sulfide) groups is 1. The molecule has 5 rings (SSSR count). The first-order chi connectivity index (χ1) is 16.5. The first-order valence-corrected chi connectivity index (χ1v) is 12.5. The lowest BCUT2D eigenvalue weighted by Gasteiger charge is -2.37. The Kier molecular flexibility index (Phi) is 6.55. The molecule has 8 heteroatoms. The topological polar surface area (TPSA) is 43.9 Å². The lowest BCUT2D eigenvalue weighted by Crippen LogP contribution is -2.47. The van der Waals surface area contributed by atoms with Gasteiger partial charge in [0.05, 0.1) is 5.69 Å². The standard InChI is InChI=1S/C26H21Cl2N3O2S/c27-18-9-11-22(12-10-18)34-24-23(25(32)31(26(24)33)21-8-4-5-19(28)17-21)30-15-13-29(14-16-30)20-6-2-1-3-7-20/h1-12,17H,13-16H2. The predicted molar refractivity (Wildman–Crippen MR) is 139 cm³/mol. The van der Waals surface area contributed by atoms with Gasteiger partial charge in [0.1, 0.15) is 10.6 Å². The normalized spacial score (nSPS) is 16.6. The van der Waals surface area contributed by atoms with E-state index >= 15 is 0 Å². The zero-order valence-corrected chi connectivity index (χ0v) is 20.5. The van der Waals surface area contributed by atoms with E-state index in [0.29, 0.717) is 39.4 Å². The molecule has 172 valence electrons. The molecule has 0 aliphatic carbocycles. The lowest BCUT2D eigenvalue weighted by molar-refractivity contribution is -0.121. The Labute approximate surface area is 212 Å². The Morgan fingerprint density at radius 1 is 0.647 bits per heavy atom. The zero-order chi connectivity index (χ0) is 23.7. The number of nitrogens with zero attached hydrogens (tertiary/aromatic N) is 3. The molecule has 3 aromatic rings. The van der Waals surface area contributed by atoms with Gasteiger partial charge in [-0.3, -0.25) is 9.59 Å². The number of rotatable bonds is 5. The number of benzene rings is 3. The molecule has 2 aliphatic rings. The van der Waals surface area contributed by atoms with Crippen LogP contribution >= 0.6 is 35.0 Å². The van der Waals surface area contributed by atoms with Gasteiger partial charge in [-0.25, -0.2) is 4.90 Å². The van der Waals surface area contributed by atoms with Gasteiger partial charge in [0.2, 0.25) is 0 Å². The van der Waals surface area contributed by atoms with Crippen molar-refractivity contribution in [3.63, 3.8) is 0 Å². The Morgan fingerprint density at radius 2 is 1.29 bits per heavy atom. The predicted octanol–water partition coefficient (Wildman–Crippen LogP) is 5.69. The van der Waals surface area contributed by atoms with Gasteiger partial charge in [-0.05, 0) is 54.6 Å². The fraction of sp³-hybridized carbons (Fsp3) is 0.154. The van der Waals surface area contributed by atoms with Crippen molar-refractivity contribution in [1.82, 2.24) is 4.90 Å². The first-order valence-electron chi connectivity index (χ1n) is 10.9. The van der Waals surface area contributed by atoms with Crippen LogP contribution in [0.4, 0.5) is 11.4 Å². The van der Waals surface area contributed by atoms with Gasteiger partial charge < -0.3 is 9.80 Å². The zero-order valence-electron chi connectivity index (χ0n) is 18.2. The average molecular weight is 510 g/mol. The average Bonchev–Trinajstić information content (AvgIpc) is 3.10. The van der Waals surface area contributed by atoms with Crippen LogP contribution < -0.4 is 9.80 Å². The van der Waals surface area contributed by atoms with Crippen LogP contribution in [0.15, 0.2) is 94.4 Å². The second kappa shape index (κ2) is 9.74. The van der Waals surface area contributed by atoms with Crippen molar-refractivity contribution in [2.75, 3.05) is 36.0 Å². The van der Waals surface area contributed by atoms with Crippen molar-refractivity contribution in [3.05, 3.63) is 99.5 Å². The summed E-state index contributed by atoms with van der Waals surface area (Å²) in [5.74, 6) is -0.662. The number of hydrogen-bond acceptors (Lipinski definition) is 5. The molecule has 2 amide bonds. The molecule has 0 radical (unpaired) electrons. The summed E-state index contributed by atoms with van der Waals surface area (Å²) >= 11 is 13.5. The molecule has 1 saturated heterocycles. The highest BCUT2D eigenvalue weighted by Gasteiger charge is 2.43. The highest BCUT2D eigenvalue weighted by atomic mass is 35.5. The largest absolute Gasteiger partial charge is 0.368 e. The third-order valence-corrected chi connectivity index (χ3v) is 7.40. The summed E-state index contributed by atoms with van der Waals surface area (Å²) < 4.78 is 0. The third kappa shape index (κ3) is 4.53. The Morgan fingerprint density at radius 3 is 1.97 bits per heavy atom. The fourth-order valence-electron chi connectivity index (χ4n) is 4.17. The van der Waals surface area contributed by atoms with Crippen molar-refractivity contribution < 1.29 is 9.59 Å². The maximum Gasteiger partial charge on any atom is 0.283 e. The van der Waals surface area contributed by atoms with Gasteiger partial charge in [0.25, 0.3) is 11.8 Å². The van der Waals surface area contributed by atoms with Gasteiger partial charge in [-0.2, -0.15) is 0 Å². The molecule has 0 unspecified atom stereocenters. The number of amides is 2. The van der Waals surface area contributed by atoms with E-state index in [-0.39, 0.29) is 11.8 Å². The highest BCUT2D eigenvalue weighted by molar-refractivity contribution is 8.04. The molecule has 0 bridgehead atoms. The van der Waals surface area contributed by atoms with E-state index in [2.05, 4.69) is 17.0 Å². The van der Waals surface area contributed by atoms with Gasteiger partial charge in [0.15, 0.2) is 0 Å². The second-order valence-electron chi connectivity index (χ2n) is 7.97. The Bertz CT molecular complexity index is 1260. The number of halogens is 2. The summed E-state index contributed by atoms with van der Waals surface area (Å²) in [6.07, 6.45) is 0. The van der Waals surface area contributed by atoms with E-state index in [9.17, 15) is 9.59 Å². The van der Waals surface area contributed by atoms with Gasteiger partial charge in [-0.1, -0.05) is 59.2 Å². The molecule has 5 nitrogen and oxygen atoms in total. The summed E-state index contributed by atoms with van der Waals surface area (Å²) in [6, 6.07) is 24.3. The van der Waals surface area contributed by atoms with Crippen LogP contribution in [0, 0.1) is 0 Å². The first kappa shape index (κ1) is 22.8. The molecule has 0 N–H and O–H groups in total. The van der Waals surface area contributed by atoms with E-state index in [1.54, 1.807) is 36.4 Å². The van der Waals surface area contributed by atoms with Crippen molar-refractivity contribution in [3.8, 4) is 0 Å². The number of imide groups is 1. The number of hydrogen-bond donors (Lipinski definition) is 0. The maximum absolute atomic E-state index is 13.6. The van der Waals surface area contributed by atoms with E-state index in [4.69, 9.17) is 23.2 Å². The van der Waals surface area contributed by atoms with Crippen LogP contribution in [-0.2, 0) is 9.59 Å². The lowest BCUT2D eigenvalue weighted by atomic mass is 10.2. The molecule has 34 heavy (non-hydrogen) atoms. The monoisotopic (exact) mass is 509 g/mol. The summed E-state index contributed by atoms with van der Waals surface area (Å²) in [4.78, 5) is 34.0. The Hall–Kier alpha value is -2.93. The summed E-state index contributed by atoms with van der Waals surface area (Å²) in [5, 5.41) is 1.08. The van der Waals surface area contributed by atoms with Gasteiger partial charge in [-0.15, -0.1) is 0 Å². The van der Waals surface area contributed by atoms with Crippen molar-refractivity contribution in [2.24, 2.45) is 0 Å². The molecule has 1 fully saturated rings. The van der Waals surface area contributed by atoms with Crippen LogP contribution in [0.25, 0.3) is 0 Å². The molecule has 2 aliphatic heterocycles. The number of piperazine rings is 1. The van der Waals surface area contributed by atoms with Crippen LogP contribution in [0.3, 0.4) is 0 Å². The Balaban J connectivity index is 1.46. The molecule has 3 aromatic carbocycles. The molecule has 0 aromatic heterocycles. The second-order valence-corrected chi connectivity index (χ2v) is 9.93.